The maximum Gasteiger partial charge on any atom is 0.163 e. The first-order chi connectivity index (χ1) is 18.3. The van der Waals surface area contributed by atoms with Gasteiger partial charge in [0, 0.05) is 12.3 Å². The summed E-state index contributed by atoms with van der Waals surface area (Å²) in [6, 6.07) is 15.7. The first kappa shape index (κ1) is 28.0. The Labute approximate surface area is 221 Å². The number of benzene rings is 3. The zero-order valence-electron chi connectivity index (χ0n) is 21.6. The van der Waals surface area contributed by atoms with Crippen LogP contribution in [0.3, 0.4) is 0 Å². The number of carbonyl (C=O) groups is 1. The Morgan fingerprint density at radius 2 is 1.71 bits per heavy atom. The van der Waals surface area contributed by atoms with Crippen molar-refractivity contribution in [3.63, 3.8) is 0 Å². The highest BCUT2D eigenvalue weighted by Crippen LogP contribution is 2.34. The fourth-order valence-corrected chi connectivity index (χ4v) is 3.92. The van der Waals surface area contributed by atoms with Crippen molar-refractivity contribution in [2.24, 2.45) is 26.4 Å². The Kier molecular flexibility index (Phi) is 9.66. The molecule has 1 atom stereocenters. The third-order valence-corrected chi connectivity index (χ3v) is 5.88. The highest BCUT2D eigenvalue weighted by atomic mass is 16.5. The van der Waals surface area contributed by atoms with Gasteiger partial charge in [0.1, 0.15) is 30.0 Å². The number of Topliss-reactive ketones (excluding diaryl/α,β-unsaturated/α-hetero) is 1. The van der Waals surface area contributed by atoms with Crippen LogP contribution in [0.4, 0.5) is 0 Å². The van der Waals surface area contributed by atoms with Crippen LogP contribution in [0.2, 0.25) is 0 Å². The van der Waals surface area contributed by atoms with Crippen molar-refractivity contribution in [3.05, 3.63) is 88.0 Å². The first-order valence-corrected chi connectivity index (χ1v) is 11.9. The van der Waals surface area contributed by atoms with E-state index in [2.05, 4.69) is 27.4 Å². The number of nitrogens with zero attached hydrogens (tertiary/aromatic N) is 4. The minimum absolute atomic E-state index is 0.0275. The van der Waals surface area contributed by atoms with Crippen molar-refractivity contribution < 1.29 is 24.5 Å². The maximum absolute atomic E-state index is 11.8. The highest BCUT2D eigenvalue weighted by molar-refractivity contribution is 6.00. The number of nitrogens with two attached hydrogens (primary N) is 1. The number of aliphatic hydroxyl groups excluding tert-OH is 1. The normalized spacial score (nSPS) is 12.4. The summed E-state index contributed by atoms with van der Waals surface area (Å²) < 4.78 is 11.3. The Bertz CT molecular complexity index is 1350. The summed E-state index contributed by atoms with van der Waals surface area (Å²) in [5.74, 6) is 0.809. The smallest absolute Gasteiger partial charge is 0.163 e. The van der Waals surface area contributed by atoms with Crippen molar-refractivity contribution in [1.29, 1.82) is 0 Å². The van der Waals surface area contributed by atoms with Crippen LogP contribution in [0.1, 0.15) is 64.5 Å². The van der Waals surface area contributed by atoms with E-state index in [1.165, 1.54) is 14.0 Å². The molecular weight excluding hydrogens is 486 g/mol. The van der Waals surface area contributed by atoms with Gasteiger partial charge in [-0.05, 0) is 64.7 Å². The van der Waals surface area contributed by atoms with Gasteiger partial charge < -0.3 is 25.4 Å². The highest BCUT2D eigenvalue weighted by Gasteiger charge is 2.17. The Hall–Kier alpha value is -4.57. The number of hydrogen-bond donors (Lipinski definition) is 3. The lowest BCUT2D eigenvalue weighted by Gasteiger charge is -2.16. The Balaban J connectivity index is 1.78. The number of aliphatic hydroxyl groups is 1. The van der Waals surface area contributed by atoms with Gasteiger partial charge in [0.2, 0.25) is 0 Å². The predicted molar refractivity (Wildman–Crippen MR) is 145 cm³/mol. The SMILES string of the molecule is C=N/N=N/N=C(\N)c1cc(C(O)c2ccc(COc3ccc(C(C)=O)c(O)c3CCC)cc2)ccc1OC. The lowest BCUT2D eigenvalue weighted by Crippen LogP contribution is -2.15. The molecule has 0 amide bonds. The van der Waals surface area contributed by atoms with E-state index in [4.69, 9.17) is 15.2 Å². The van der Waals surface area contributed by atoms with E-state index in [9.17, 15) is 15.0 Å². The van der Waals surface area contributed by atoms with Crippen molar-refractivity contribution >= 4 is 18.3 Å². The van der Waals surface area contributed by atoms with E-state index in [1.807, 2.05) is 19.1 Å². The average molecular weight is 518 g/mol. The average Bonchev–Trinajstić information content (AvgIpc) is 2.92. The van der Waals surface area contributed by atoms with E-state index >= 15 is 0 Å². The second-order valence-electron chi connectivity index (χ2n) is 8.44. The van der Waals surface area contributed by atoms with Gasteiger partial charge in [-0.3, -0.25) is 4.79 Å². The molecule has 3 aromatic carbocycles. The standard InChI is InChI=1S/C28H31N5O5/c1-5-6-22-25(14-12-21(17(2)34)27(22)36)38-16-18-7-9-19(10-8-18)26(35)20-11-13-24(37-4)23(15-20)28(29)31-33-32-30-3/h7-15,26,35-36H,3,5-6,16H2,1-2,4H3,(H2,29,31,32). The van der Waals surface area contributed by atoms with Crippen molar-refractivity contribution in [2.45, 2.75) is 39.4 Å². The molecule has 38 heavy (non-hydrogen) atoms. The maximum atomic E-state index is 11.8. The van der Waals surface area contributed by atoms with Crippen LogP contribution >= 0.6 is 0 Å². The van der Waals surface area contributed by atoms with Crippen LogP contribution in [0, 0.1) is 0 Å². The summed E-state index contributed by atoms with van der Waals surface area (Å²) in [6.07, 6.45) is 0.435. The second kappa shape index (κ2) is 13.1. The summed E-state index contributed by atoms with van der Waals surface area (Å²) in [5.41, 5.74) is 9.46. The molecule has 0 aliphatic heterocycles. The number of methoxy groups -OCH3 is 1. The fourth-order valence-electron chi connectivity index (χ4n) is 3.92. The Morgan fingerprint density at radius 3 is 2.34 bits per heavy atom. The monoisotopic (exact) mass is 517 g/mol. The summed E-state index contributed by atoms with van der Waals surface area (Å²) in [7, 11) is 1.50. The number of aromatic hydroxyl groups is 1. The zero-order chi connectivity index (χ0) is 27.7. The molecule has 198 valence electrons. The van der Waals surface area contributed by atoms with Crippen LogP contribution < -0.4 is 15.2 Å². The largest absolute Gasteiger partial charge is 0.507 e. The molecular formula is C28H31N5O5. The topological polar surface area (TPSA) is 151 Å². The van der Waals surface area contributed by atoms with E-state index in [-0.39, 0.29) is 29.5 Å². The van der Waals surface area contributed by atoms with Crippen LogP contribution in [0.5, 0.6) is 17.2 Å². The molecule has 0 fully saturated rings. The number of phenols is 1. The summed E-state index contributed by atoms with van der Waals surface area (Å²) in [4.78, 5) is 11.8. The number of phenolic OH excluding ortho intramolecular Hbond substituents is 1. The molecule has 0 aromatic heterocycles. The summed E-state index contributed by atoms with van der Waals surface area (Å²) in [5, 5.41) is 35.3. The molecule has 4 N–H and O–H groups in total. The quantitative estimate of drug-likeness (QED) is 0.102. The summed E-state index contributed by atoms with van der Waals surface area (Å²) >= 11 is 0. The lowest BCUT2D eigenvalue weighted by atomic mass is 9.98. The van der Waals surface area contributed by atoms with Crippen molar-refractivity contribution in [2.75, 3.05) is 7.11 Å². The van der Waals surface area contributed by atoms with Crippen LogP contribution in [0.25, 0.3) is 0 Å². The fraction of sp³-hybridized carbons (Fsp3) is 0.250. The molecule has 10 heteroatoms. The number of rotatable bonds is 12. The zero-order valence-corrected chi connectivity index (χ0v) is 21.6. The molecule has 1 unspecified atom stereocenters. The predicted octanol–water partition coefficient (Wildman–Crippen LogP) is 4.90. The van der Waals surface area contributed by atoms with Gasteiger partial charge in [-0.25, -0.2) is 0 Å². The number of ether oxygens (including phenoxy) is 2. The molecule has 0 saturated carbocycles. The van der Waals surface area contributed by atoms with Gasteiger partial charge in [0.25, 0.3) is 0 Å². The molecule has 0 saturated heterocycles. The number of ketones is 1. The van der Waals surface area contributed by atoms with E-state index in [1.54, 1.807) is 42.5 Å². The van der Waals surface area contributed by atoms with Crippen molar-refractivity contribution in [3.8, 4) is 17.2 Å². The summed E-state index contributed by atoms with van der Waals surface area (Å²) in [6.45, 7) is 6.85. The second-order valence-corrected chi connectivity index (χ2v) is 8.44. The van der Waals surface area contributed by atoms with Crippen LogP contribution in [-0.4, -0.2) is 35.7 Å². The van der Waals surface area contributed by atoms with Crippen LogP contribution in [-0.2, 0) is 13.0 Å². The number of hydrogen-bond acceptors (Lipinski definition) is 7. The molecule has 0 spiro atoms. The van der Waals surface area contributed by atoms with E-state index in [0.29, 0.717) is 40.2 Å². The van der Waals surface area contributed by atoms with Gasteiger partial charge >= 0.3 is 0 Å². The van der Waals surface area contributed by atoms with Gasteiger partial charge in [-0.1, -0.05) is 43.7 Å². The number of amidine groups is 1. The lowest BCUT2D eigenvalue weighted by molar-refractivity contribution is 0.101. The number of carbonyl (C=O) groups excluding carboxylic acids is 1. The first-order valence-electron chi connectivity index (χ1n) is 11.9. The molecule has 0 aliphatic carbocycles. The van der Waals surface area contributed by atoms with Gasteiger partial charge in [0.15, 0.2) is 11.6 Å². The van der Waals surface area contributed by atoms with Gasteiger partial charge in [0.05, 0.1) is 18.2 Å². The third-order valence-electron chi connectivity index (χ3n) is 5.88. The van der Waals surface area contributed by atoms with Crippen molar-refractivity contribution in [1.82, 2.24) is 0 Å². The molecule has 3 aromatic rings. The minimum atomic E-state index is -0.939. The van der Waals surface area contributed by atoms with E-state index in [0.717, 1.165) is 12.0 Å². The third kappa shape index (κ3) is 6.60. The molecule has 0 bridgehead atoms. The molecule has 0 radical (unpaired) electrons. The minimum Gasteiger partial charge on any atom is -0.507 e. The molecule has 0 heterocycles. The van der Waals surface area contributed by atoms with Crippen LogP contribution in [0.15, 0.2) is 75.2 Å². The van der Waals surface area contributed by atoms with Gasteiger partial charge in [-0.2, -0.15) is 0 Å². The van der Waals surface area contributed by atoms with E-state index < -0.39 is 6.10 Å². The molecule has 10 nitrogen and oxygen atoms in total. The molecule has 0 aliphatic rings. The molecule has 3 rings (SSSR count). The Morgan fingerprint density at radius 1 is 1.03 bits per heavy atom. The van der Waals surface area contributed by atoms with Gasteiger partial charge in [-0.15, -0.1) is 10.2 Å².